The predicted octanol–water partition coefficient (Wildman–Crippen LogP) is 2.71. The van der Waals surface area contributed by atoms with Crippen molar-refractivity contribution in [3.05, 3.63) is 34.6 Å². The van der Waals surface area contributed by atoms with Crippen molar-refractivity contribution < 1.29 is 12.8 Å². The van der Waals surface area contributed by atoms with Gasteiger partial charge in [-0.15, -0.1) is 0 Å². The van der Waals surface area contributed by atoms with E-state index >= 15 is 0 Å². The van der Waals surface area contributed by atoms with Gasteiger partial charge in [-0.3, -0.25) is 0 Å². The highest BCUT2D eigenvalue weighted by molar-refractivity contribution is 7.91. The van der Waals surface area contributed by atoms with Gasteiger partial charge in [-0.25, -0.2) is 12.8 Å². The summed E-state index contributed by atoms with van der Waals surface area (Å²) >= 11 is 6.00. The van der Waals surface area contributed by atoms with Gasteiger partial charge in [-0.2, -0.15) is 0 Å². The second kappa shape index (κ2) is 5.77. The molecule has 106 valence electrons. The molecule has 2 atom stereocenters. The fraction of sp³-hybridized carbons (Fsp3) is 0.538. The SMILES string of the molecule is CC(NC1CCCS(=O)(=O)C1)c1ccc(F)cc1Cl. The molecule has 1 heterocycles. The van der Waals surface area contributed by atoms with E-state index in [1.807, 2.05) is 6.92 Å². The minimum absolute atomic E-state index is 0.0603. The van der Waals surface area contributed by atoms with Crippen molar-refractivity contribution >= 4 is 21.4 Å². The van der Waals surface area contributed by atoms with E-state index in [-0.39, 0.29) is 29.4 Å². The summed E-state index contributed by atoms with van der Waals surface area (Å²) in [6, 6.07) is 4.09. The first-order chi connectivity index (χ1) is 8.87. The second-order valence-electron chi connectivity index (χ2n) is 5.01. The quantitative estimate of drug-likeness (QED) is 0.934. The first kappa shape index (κ1) is 14.8. The van der Waals surface area contributed by atoms with Crippen molar-refractivity contribution in [3.8, 4) is 0 Å². The Labute approximate surface area is 118 Å². The summed E-state index contributed by atoms with van der Waals surface area (Å²) in [5.41, 5.74) is 0.783. The van der Waals surface area contributed by atoms with Crippen LogP contribution < -0.4 is 5.32 Å². The van der Waals surface area contributed by atoms with Gasteiger partial charge in [0.1, 0.15) is 5.82 Å². The van der Waals surface area contributed by atoms with E-state index in [9.17, 15) is 12.8 Å². The highest BCUT2D eigenvalue weighted by Crippen LogP contribution is 2.25. The van der Waals surface area contributed by atoms with Gasteiger partial charge in [-0.1, -0.05) is 17.7 Å². The van der Waals surface area contributed by atoms with Gasteiger partial charge in [0.15, 0.2) is 9.84 Å². The maximum absolute atomic E-state index is 13.0. The molecule has 1 N–H and O–H groups in total. The molecular weight excluding hydrogens is 289 g/mol. The normalized spacial score (nSPS) is 24.1. The molecule has 2 unspecified atom stereocenters. The largest absolute Gasteiger partial charge is 0.306 e. The van der Waals surface area contributed by atoms with Gasteiger partial charge in [0.05, 0.1) is 11.5 Å². The molecule has 6 heteroatoms. The Hall–Kier alpha value is -0.650. The van der Waals surface area contributed by atoms with Gasteiger partial charge in [0.25, 0.3) is 0 Å². The highest BCUT2D eigenvalue weighted by atomic mass is 35.5. The number of benzene rings is 1. The molecule has 1 saturated heterocycles. The lowest BCUT2D eigenvalue weighted by molar-refractivity contribution is 0.437. The molecule has 0 bridgehead atoms. The molecule has 1 aliphatic heterocycles. The summed E-state index contributed by atoms with van der Waals surface area (Å²) < 4.78 is 36.1. The molecule has 1 aromatic carbocycles. The first-order valence-corrected chi connectivity index (χ1v) is 8.49. The molecule has 2 rings (SSSR count). The zero-order valence-electron chi connectivity index (χ0n) is 10.7. The molecule has 1 aromatic rings. The Bertz CT molecular complexity index is 562. The van der Waals surface area contributed by atoms with Crippen molar-refractivity contribution in [1.29, 1.82) is 0 Å². The van der Waals surface area contributed by atoms with Crippen LogP contribution in [0, 0.1) is 5.82 Å². The summed E-state index contributed by atoms with van der Waals surface area (Å²) in [4.78, 5) is 0. The van der Waals surface area contributed by atoms with E-state index < -0.39 is 9.84 Å². The van der Waals surface area contributed by atoms with E-state index in [2.05, 4.69) is 5.32 Å². The van der Waals surface area contributed by atoms with Crippen LogP contribution in [0.5, 0.6) is 0 Å². The lowest BCUT2D eigenvalue weighted by Crippen LogP contribution is -2.41. The number of sulfone groups is 1. The topological polar surface area (TPSA) is 46.2 Å². The summed E-state index contributed by atoms with van der Waals surface area (Å²) in [6.45, 7) is 1.90. The Morgan fingerprint density at radius 1 is 1.47 bits per heavy atom. The van der Waals surface area contributed by atoms with Crippen molar-refractivity contribution in [2.45, 2.75) is 31.8 Å². The summed E-state index contributed by atoms with van der Waals surface area (Å²) in [6.07, 6.45) is 1.52. The molecule has 0 saturated carbocycles. The maximum atomic E-state index is 13.0. The molecule has 0 amide bonds. The second-order valence-corrected chi connectivity index (χ2v) is 7.64. The van der Waals surface area contributed by atoms with Gasteiger partial charge in [0.2, 0.25) is 0 Å². The van der Waals surface area contributed by atoms with E-state index in [1.165, 1.54) is 12.1 Å². The average Bonchev–Trinajstić information content (AvgIpc) is 2.27. The Morgan fingerprint density at radius 3 is 2.84 bits per heavy atom. The zero-order chi connectivity index (χ0) is 14.0. The number of hydrogen-bond acceptors (Lipinski definition) is 3. The fourth-order valence-corrected chi connectivity index (χ4v) is 4.43. The van der Waals surface area contributed by atoms with Crippen LogP contribution in [0.3, 0.4) is 0 Å². The number of halogens is 2. The molecular formula is C13H17ClFNO2S. The van der Waals surface area contributed by atoms with Crippen molar-refractivity contribution in [3.63, 3.8) is 0 Å². The van der Waals surface area contributed by atoms with Crippen LogP contribution in [-0.2, 0) is 9.84 Å². The van der Waals surface area contributed by atoms with Gasteiger partial charge in [0, 0.05) is 17.1 Å². The van der Waals surface area contributed by atoms with E-state index in [0.717, 1.165) is 12.0 Å². The van der Waals surface area contributed by atoms with Crippen molar-refractivity contribution in [2.24, 2.45) is 0 Å². The lowest BCUT2D eigenvalue weighted by atomic mass is 10.1. The average molecular weight is 306 g/mol. The smallest absolute Gasteiger partial charge is 0.151 e. The molecule has 0 spiro atoms. The van der Waals surface area contributed by atoms with Crippen LogP contribution in [0.4, 0.5) is 4.39 Å². The molecule has 3 nitrogen and oxygen atoms in total. The van der Waals surface area contributed by atoms with Crippen molar-refractivity contribution in [2.75, 3.05) is 11.5 Å². The molecule has 1 fully saturated rings. The van der Waals surface area contributed by atoms with Crippen LogP contribution in [0.15, 0.2) is 18.2 Å². The molecule has 1 aliphatic rings. The predicted molar refractivity (Wildman–Crippen MR) is 74.6 cm³/mol. The summed E-state index contributed by atoms with van der Waals surface area (Å²) in [5, 5.41) is 3.62. The van der Waals surface area contributed by atoms with Gasteiger partial charge in [-0.05, 0) is 37.5 Å². The van der Waals surface area contributed by atoms with E-state index in [1.54, 1.807) is 6.07 Å². The monoisotopic (exact) mass is 305 g/mol. The van der Waals surface area contributed by atoms with Crippen LogP contribution in [0.25, 0.3) is 0 Å². The number of nitrogens with one attached hydrogen (secondary N) is 1. The van der Waals surface area contributed by atoms with Gasteiger partial charge < -0.3 is 5.32 Å². The van der Waals surface area contributed by atoms with Crippen molar-refractivity contribution in [1.82, 2.24) is 5.32 Å². The van der Waals surface area contributed by atoms with Crippen LogP contribution >= 0.6 is 11.6 Å². The minimum atomic E-state index is -2.93. The van der Waals surface area contributed by atoms with Crippen LogP contribution in [0.1, 0.15) is 31.4 Å². The number of rotatable bonds is 3. The van der Waals surface area contributed by atoms with E-state index in [0.29, 0.717) is 11.4 Å². The van der Waals surface area contributed by atoms with Gasteiger partial charge >= 0.3 is 0 Å². The third-order valence-electron chi connectivity index (χ3n) is 3.38. The standard InChI is InChI=1S/C13H17ClFNO2S/c1-9(12-5-4-10(15)7-13(12)14)16-11-3-2-6-19(17,18)8-11/h4-5,7,9,11,16H,2-3,6,8H2,1H3. The third-order valence-corrected chi connectivity index (χ3v) is 5.53. The summed E-state index contributed by atoms with van der Waals surface area (Å²) in [5.74, 6) is 0.0636. The molecule has 19 heavy (non-hydrogen) atoms. The van der Waals surface area contributed by atoms with Crippen LogP contribution in [-0.4, -0.2) is 26.0 Å². The van der Waals surface area contributed by atoms with E-state index in [4.69, 9.17) is 11.6 Å². The lowest BCUT2D eigenvalue weighted by Gasteiger charge is -2.27. The molecule has 0 radical (unpaired) electrons. The minimum Gasteiger partial charge on any atom is -0.306 e. The molecule has 0 aliphatic carbocycles. The number of hydrogen-bond donors (Lipinski definition) is 1. The fourth-order valence-electron chi connectivity index (χ4n) is 2.45. The highest BCUT2D eigenvalue weighted by Gasteiger charge is 2.26. The zero-order valence-corrected chi connectivity index (χ0v) is 12.3. The summed E-state index contributed by atoms with van der Waals surface area (Å²) in [7, 11) is -2.93. The Morgan fingerprint density at radius 2 is 2.21 bits per heavy atom. The first-order valence-electron chi connectivity index (χ1n) is 6.29. The maximum Gasteiger partial charge on any atom is 0.151 e. The van der Waals surface area contributed by atoms with Crippen LogP contribution in [0.2, 0.25) is 5.02 Å². The Balaban J connectivity index is 2.06. The third kappa shape index (κ3) is 3.91. The molecule has 0 aromatic heterocycles. The Kier molecular flexibility index (Phi) is 4.48.